The first-order valence-electron chi connectivity index (χ1n) is 8.12. The summed E-state index contributed by atoms with van der Waals surface area (Å²) in [7, 11) is 1.55. The average Bonchev–Trinajstić information content (AvgIpc) is 2.67. The number of carbonyl (C=O) groups is 1. The van der Waals surface area contributed by atoms with E-state index in [9.17, 15) is 14.9 Å². The van der Waals surface area contributed by atoms with Gasteiger partial charge in [-0.3, -0.25) is 4.79 Å². The molecule has 0 unspecified atom stereocenters. The Hall–Kier alpha value is -3.85. The second kappa shape index (κ2) is 7.58. The maximum atomic E-state index is 12.3. The highest BCUT2D eigenvalue weighted by Crippen LogP contribution is 2.26. The molecule has 1 aromatic heterocycles. The molecule has 27 heavy (non-hydrogen) atoms. The van der Waals surface area contributed by atoms with E-state index in [2.05, 4.69) is 4.98 Å². The molecule has 134 valence electrons. The minimum absolute atomic E-state index is 0.0132. The molecule has 1 heterocycles. The Bertz CT molecular complexity index is 1090. The largest absolute Gasteiger partial charge is 0.497 e. The predicted octanol–water partition coefficient (Wildman–Crippen LogP) is 3.45. The van der Waals surface area contributed by atoms with E-state index in [1.54, 1.807) is 68.6 Å². The maximum Gasteiger partial charge on any atom is 0.343 e. The molecule has 0 saturated heterocycles. The van der Waals surface area contributed by atoms with Crippen LogP contribution in [0.25, 0.3) is 11.1 Å². The van der Waals surface area contributed by atoms with Crippen LogP contribution in [0.1, 0.15) is 21.6 Å². The van der Waals surface area contributed by atoms with Gasteiger partial charge in [-0.25, -0.2) is 4.79 Å². The minimum atomic E-state index is -0.516. The lowest BCUT2D eigenvalue weighted by atomic mass is 10.0. The van der Waals surface area contributed by atoms with E-state index in [1.165, 1.54) is 0 Å². The summed E-state index contributed by atoms with van der Waals surface area (Å²) in [5.41, 5.74) is 1.68. The number of nitrogens with zero attached hydrogens (tertiary/aromatic N) is 1. The second-order valence-corrected chi connectivity index (χ2v) is 5.83. The van der Waals surface area contributed by atoms with Gasteiger partial charge in [-0.2, -0.15) is 5.26 Å². The van der Waals surface area contributed by atoms with Gasteiger partial charge in [-0.15, -0.1) is 0 Å². The second-order valence-electron chi connectivity index (χ2n) is 5.83. The number of nitrogens with one attached hydrogen (secondary N) is 1. The average molecular weight is 360 g/mol. The fourth-order valence-electron chi connectivity index (χ4n) is 2.65. The summed E-state index contributed by atoms with van der Waals surface area (Å²) in [5.74, 6) is 0.440. The summed E-state index contributed by atoms with van der Waals surface area (Å²) in [6, 6.07) is 16.9. The van der Waals surface area contributed by atoms with Crippen LogP contribution in [-0.4, -0.2) is 18.1 Å². The van der Waals surface area contributed by atoms with Gasteiger partial charge in [0.15, 0.2) is 0 Å². The number of hydrogen-bond acceptors (Lipinski definition) is 5. The monoisotopic (exact) mass is 360 g/mol. The zero-order valence-electron chi connectivity index (χ0n) is 14.8. The van der Waals surface area contributed by atoms with Crippen LogP contribution in [0.3, 0.4) is 0 Å². The Balaban J connectivity index is 1.91. The lowest BCUT2D eigenvalue weighted by molar-refractivity contribution is 0.0735. The number of carbonyl (C=O) groups excluding carboxylic acids is 1. The molecule has 0 amide bonds. The fourth-order valence-corrected chi connectivity index (χ4v) is 2.65. The molecule has 6 nitrogen and oxygen atoms in total. The number of aromatic amines is 1. The lowest BCUT2D eigenvalue weighted by Gasteiger charge is -2.09. The van der Waals surface area contributed by atoms with Gasteiger partial charge in [-0.05, 0) is 55.0 Å². The molecule has 0 radical (unpaired) electrons. The van der Waals surface area contributed by atoms with Crippen LogP contribution >= 0.6 is 0 Å². The van der Waals surface area contributed by atoms with Crippen LogP contribution in [0.15, 0.2) is 59.4 Å². The third-order valence-corrected chi connectivity index (χ3v) is 3.96. The van der Waals surface area contributed by atoms with Crippen molar-refractivity contribution in [1.82, 2.24) is 4.98 Å². The van der Waals surface area contributed by atoms with Gasteiger partial charge in [0.25, 0.3) is 5.56 Å². The smallest absolute Gasteiger partial charge is 0.343 e. The van der Waals surface area contributed by atoms with Crippen molar-refractivity contribution < 1.29 is 14.3 Å². The summed E-state index contributed by atoms with van der Waals surface area (Å²) in [6.45, 7) is 1.74. The van der Waals surface area contributed by atoms with Crippen LogP contribution in [0.2, 0.25) is 0 Å². The Kier molecular flexibility index (Phi) is 5.04. The van der Waals surface area contributed by atoms with E-state index < -0.39 is 11.5 Å². The number of aryl methyl sites for hydroxylation is 1. The number of hydrogen-bond donors (Lipinski definition) is 1. The van der Waals surface area contributed by atoms with Crippen LogP contribution in [-0.2, 0) is 0 Å². The predicted molar refractivity (Wildman–Crippen MR) is 99.9 cm³/mol. The maximum absolute atomic E-state index is 12.3. The first-order valence-corrected chi connectivity index (χ1v) is 8.12. The number of H-pyrrole nitrogens is 1. The van der Waals surface area contributed by atoms with Crippen LogP contribution in [0, 0.1) is 18.3 Å². The Labute approximate surface area is 155 Å². The van der Waals surface area contributed by atoms with Crippen LogP contribution < -0.4 is 15.0 Å². The van der Waals surface area contributed by atoms with Crippen molar-refractivity contribution in [2.75, 3.05) is 7.11 Å². The van der Waals surface area contributed by atoms with Gasteiger partial charge in [0.05, 0.1) is 12.7 Å². The molecule has 0 aliphatic rings. The van der Waals surface area contributed by atoms with Crippen molar-refractivity contribution in [3.05, 3.63) is 81.8 Å². The van der Waals surface area contributed by atoms with Crippen molar-refractivity contribution in [1.29, 1.82) is 5.26 Å². The standard InChI is InChI=1S/C21H16N2O4/c1-13-10-18(19(12-22)20(24)23-13)15-4-3-5-17(11-15)27-21(25)14-6-8-16(26-2)9-7-14/h3-11H,1-2H3,(H,23,24). The van der Waals surface area contributed by atoms with Gasteiger partial charge >= 0.3 is 5.97 Å². The molecule has 0 bridgehead atoms. The molecule has 0 aliphatic carbocycles. The highest BCUT2D eigenvalue weighted by molar-refractivity contribution is 5.91. The Morgan fingerprint density at radius 1 is 1.07 bits per heavy atom. The molecule has 0 spiro atoms. The van der Waals surface area contributed by atoms with E-state index in [0.29, 0.717) is 33.9 Å². The number of esters is 1. The number of rotatable bonds is 4. The summed E-state index contributed by atoms with van der Waals surface area (Å²) >= 11 is 0. The first-order chi connectivity index (χ1) is 13.0. The zero-order chi connectivity index (χ0) is 19.4. The molecule has 0 aliphatic heterocycles. The van der Waals surface area contributed by atoms with Crippen molar-refractivity contribution in [3.63, 3.8) is 0 Å². The quantitative estimate of drug-likeness (QED) is 0.568. The van der Waals surface area contributed by atoms with Gasteiger partial charge in [0.2, 0.25) is 0 Å². The van der Waals surface area contributed by atoms with Gasteiger partial charge < -0.3 is 14.5 Å². The molecule has 3 aromatic rings. The number of benzene rings is 2. The molecular weight excluding hydrogens is 344 g/mol. The van der Waals surface area contributed by atoms with E-state index in [-0.39, 0.29) is 5.56 Å². The molecule has 2 aromatic carbocycles. The lowest BCUT2D eigenvalue weighted by Crippen LogP contribution is -2.13. The molecule has 0 atom stereocenters. The minimum Gasteiger partial charge on any atom is -0.497 e. The van der Waals surface area contributed by atoms with Crippen molar-refractivity contribution in [3.8, 4) is 28.7 Å². The molecular formula is C21H16N2O4. The number of nitriles is 1. The normalized spacial score (nSPS) is 10.1. The van der Waals surface area contributed by atoms with E-state index in [0.717, 1.165) is 0 Å². The van der Waals surface area contributed by atoms with Crippen LogP contribution in [0.4, 0.5) is 0 Å². The summed E-state index contributed by atoms with van der Waals surface area (Å²) in [4.78, 5) is 26.9. The summed E-state index contributed by atoms with van der Waals surface area (Å²) < 4.78 is 10.5. The SMILES string of the molecule is COc1ccc(C(=O)Oc2cccc(-c3cc(C)[nH]c(=O)c3C#N)c2)cc1. The third-order valence-electron chi connectivity index (χ3n) is 3.96. The molecule has 1 N–H and O–H groups in total. The van der Waals surface area contributed by atoms with Crippen molar-refractivity contribution in [2.45, 2.75) is 6.92 Å². The molecule has 0 fully saturated rings. The van der Waals surface area contributed by atoms with E-state index in [4.69, 9.17) is 9.47 Å². The van der Waals surface area contributed by atoms with Crippen molar-refractivity contribution in [2.24, 2.45) is 0 Å². The van der Waals surface area contributed by atoms with Gasteiger partial charge in [-0.1, -0.05) is 12.1 Å². The van der Waals surface area contributed by atoms with Gasteiger partial charge in [0, 0.05) is 11.3 Å². The highest BCUT2D eigenvalue weighted by Gasteiger charge is 2.13. The number of pyridine rings is 1. The topological polar surface area (TPSA) is 92.2 Å². The number of methoxy groups -OCH3 is 1. The molecule has 0 saturated carbocycles. The summed E-state index contributed by atoms with van der Waals surface area (Å²) in [5, 5.41) is 9.29. The Morgan fingerprint density at radius 2 is 1.81 bits per heavy atom. The third kappa shape index (κ3) is 3.88. The number of aromatic nitrogens is 1. The van der Waals surface area contributed by atoms with E-state index in [1.807, 2.05) is 6.07 Å². The zero-order valence-corrected chi connectivity index (χ0v) is 14.8. The summed E-state index contributed by atoms with van der Waals surface area (Å²) in [6.07, 6.45) is 0. The molecule has 6 heteroatoms. The molecule has 3 rings (SSSR count). The van der Waals surface area contributed by atoms with Crippen molar-refractivity contribution >= 4 is 5.97 Å². The first kappa shape index (κ1) is 18.0. The van der Waals surface area contributed by atoms with Crippen LogP contribution in [0.5, 0.6) is 11.5 Å². The Morgan fingerprint density at radius 3 is 2.48 bits per heavy atom. The number of ether oxygens (including phenoxy) is 2. The highest BCUT2D eigenvalue weighted by atomic mass is 16.5. The fraction of sp³-hybridized carbons (Fsp3) is 0.0952. The van der Waals surface area contributed by atoms with E-state index >= 15 is 0 Å². The van der Waals surface area contributed by atoms with Gasteiger partial charge in [0.1, 0.15) is 23.1 Å².